The van der Waals surface area contributed by atoms with Crippen molar-refractivity contribution in [3.05, 3.63) is 52.3 Å². The molecule has 0 aliphatic heterocycles. The van der Waals surface area contributed by atoms with Crippen LogP contribution in [0.1, 0.15) is 64.7 Å². The summed E-state index contributed by atoms with van der Waals surface area (Å²) in [7, 11) is 1.50. The molecule has 1 unspecified atom stereocenters. The van der Waals surface area contributed by atoms with Gasteiger partial charge in [0, 0.05) is 24.2 Å². The predicted molar refractivity (Wildman–Crippen MR) is 107 cm³/mol. The molecule has 1 aromatic heterocycles. The standard InChI is InChI=1S/C20H25ClN4O3/c1-22-19(27)16-11-17(20(28)23-15-8-3-2-4-9-15)25(24-16)18(12-26)13-6-5-7-14(21)10-13/h5-7,10-11,15,18,26H,2-4,8-9,12H2,1H3,(H,22,27)(H,23,28). The lowest BCUT2D eigenvalue weighted by molar-refractivity contribution is 0.0910. The Morgan fingerprint density at radius 1 is 1.25 bits per heavy atom. The van der Waals surface area contributed by atoms with Crippen LogP contribution in [0, 0.1) is 0 Å². The predicted octanol–water partition coefficient (Wildman–Crippen LogP) is 2.54. The van der Waals surface area contributed by atoms with Crippen molar-refractivity contribution in [2.24, 2.45) is 0 Å². The Balaban J connectivity index is 1.96. The van der Waals surface area contributed by atoms with E-state index in [1.165, 1.54) is 24.2 Å². The summed E-state index contributed by atoms with van der Waals surface area (Å²) < 4.78 is 1.41. The number of benzene rings is 1. The average molecular weight is 405 g/mol. The maximum absolute atomic E-state index is 13.0. The SMILES string of the molecule is CNC(=O)c1cc(C(=O)NC2CCCCC2)n(C(CO)c2cccc(Cl)c2)n1. The van der Waals surface area contributed by atoms with Crippen LogP contribution in [0.3, 0.4) is 0 Å². The molecule has 7 nitrogen and oxygen atoms in total. The highest BCUT2D eigenvalue weighted by molar-refractivity contribution is 6.30. The van der Waals surface area contributed by atoms with Gasteiger partial charge in [-0.25, -0.2) is 4.68 Å². The van der Waals surface area contributed by atoms with Crippen molar-refractivity contribution in [1.29, 1.82) is 0 Å². The number of amides is 2. The zero-order valence-electron chi connectivity index (χ0n) is 15.8. The van der Waals surface area contributed by atoms with Gasteiger partial charge in [-0.2, -0.15) is 5.10 Å². The van der Waals surface area contributed by atoms with Gasteiger partial charge in [-0.1, -0.05) is 43.0 Å². The van der Waals surface area contributed by atoms with Crippen LogP contribution in [-0.4, -0.2) is 46.4 Å². The van der Waals surface area contributed by atoms with Crippen molar-refractivity contribution in [2.75, 3.05) is 13.7 Å². The number of carbonyl (C=O) groups is 2. The lowest BCUT2D eigenvalue weighted by Gasteiger charge is -2.24. The number of aliphatic hydroxyl groups excluding tert-OH is 1. The molecule has 0 spiro atoms. The zero-order valence-corrected chi connectivity index (χ0v) is 16.6. The number of aromatic nitrogens is 2. The monoisotopic (exact) mass is 404 g/mol. The van der Waals surface area contributed by atoms with Crippen molar-refractivity contribution in [2.45, 2.75) is 44.2 Å². The second-order valence-corrected chi connectivity index (χ2v) is 7.44. The number of carbonyl (C=O) groups excluding carboxylic acids is 2. The van der Waals surface area contributed by atoms with Crippen LogP contribution in [0.2, 0.25) is 5.02 Å². The second-order valence-electron chi connectivity index (χ2n) is 7.00. The van der Waals surface area contributed by atoms with E-state index in [1.54, 1.807) is 24.3 Å². The highest BCUT2D eigenvalue weighted by atomic mass is 35.5. The molecule has 3 N–H and O–H groups in total. The fourth-order valence-corrected chi connectivity index (χ4v) is 3.78. The molecule has 28 heavy (non-hydrogen) atoms. The van der Waals surface area contributed by atoms with E-state index in [4.69, 9.17) is 11.6 Å². The molecule has 1 aliphatic rings. The second kappa shape index (κ2) is 9.21. The topological polar surface area (TPSA) is 96.2 Å². The van der Waals surface area contributed by atoms with Crippen molar-refractivity contribution < 1.29 is 14.7 Å². The Bertz CT molecular complexity index is 846. The van der Waals surface area contributed by atoms with Crippen molar-refractivity contribution in [1.82, 2.24) is 20.4 Å². The quantitative estimate of drug-likeness (QED) is 0.689. The van der Waals surface area contributed by atoms with E-state index in [0.717, 1.165) is 25.7 Å². The Labute approximate surface area is 169 Å². The number of nitrogens with one attached hydrogen (secondary N) is 2. The van der Waals surface area contributed by atoms with Gasteiger partial charge in [0.05, 0.1) is 6.61 Å². The molecule has 0 bridgehead atoms. The van der Waals surface area contributed by atoms with Gasteiger partial charge in [-0.15, -0.1) is 0 Å². The summed E-state index contributed by atoms with van der Waals surface area (Å²) >= 11 is 6.09. The van der Waals surface area contributed by atoms with Crippen molar-refractivity contribution in [3.63, 3.8) is 0 Å². The molecule has 1 heterocycles. The van der Waals surface area contributed by atoms with E-state index in [2.05, 4.69) is 15.7 Å². The molecule has 1 saturated carbocycles. The summed E-state index contributed by atoms with van der Waals surface area (Å²) in [6.45, 7) is -0.293. The molecule has 2 aromatic rings. The zero-order chi connectivity index (χ0) is 20.1. The first-order valence-corrected chi connectivity index (χ1v) is 9.90. The minimum Gasteiger partial charge on any atom is -0.394 e. The van der Waals surface area contributed by atoms with Gasteiger partial charge in [0.25, 0.3) is 11.8 Å². The Hall–Kier alpha value is -2.38. The third kappa shape index (κ3) is 4.54. The van der Waals surface area contributed by atoms with Crippen molar-refractivity contribution in [3.8, 4) is 0 Å². The molecular formula is C20H25ClN4O3. The molecule has 2 amide bonds. The van der Waals surface area contributed by atoms with Crippen LogP contribution in [0.25, 0.3) is 0 Å². The van der Waals surface area contributed by atoms with E-state index < -0.39 is 11.9 Å². The van der Waals surface area contributed by atoms with E-state index in [-0.39, 0.29) is 29.9 Å². The van der Waals surface area contributed by atoms with Gasteiger partial charge >= 0.3 is 0 Å². The molecule has 0 radical (unpaired) electrons. The minimum atomic E-state index is -0.635. The highest BCUT2D eigenvalue weighted by Crippen LogP contribution is 2.24. The average Bonchev–Trinajstić information content (AvgIpc) is 3.14. The van der Waals surface area contributed by atoms with Gasteiger partial charge in [0.1, 0.15) is 11.7 Å². The molecule has 0 saturated heterocycles. The molecular weight excluding hydrogens is 380 g/mol. The number of hydrogen-bond donors (Lipinski definition) is 3. The summed E-state index contributed by atoms with van der Waals surface area (Å²) in [5.74, 6) is -0.691. The normalized spacial score (nSPS) is 15.8. The highest BCUT2D eigenvalue weighted by Gasteiger charge is 2.26. The summed E-state index contributed by atoms with van der Waals surface area (Å²) in [5.41, 5.74) is 1.06. The van der Waals surface area contributed by atoms with Gasteiger partial charge in [-0.05, 0) is 30.5 Å². The molecule has 8 heteroatoms. The molecule has 1 fully saturated rings. The maximum Gasteiger partial charge on any atom is 0.271 e. The summed E-state index contributed by atoms with van der Waals surface area (Å²) in [6.07, 6.45) is 5.26. The molecule has 1 aliphatic carbocycles. The number of hydrogen-bond acceptors (Lipinski definition) is 4. The first kappa shape index (κ1) is 20.4. The van der Waals surface area contributed by atoms with Crippen LogP contribution in [0.15, 0.2) is 30.3 Å². The third-order valence-electron chi connectivity index (χ3n) is 5.07. The summed E-state index contributed by atoms with van der Waals surface area (Å²) in [4.78, 5) is 25.1. The Morgan fingerprint density at radius 3 is 2.64 bits per heavy atom. The maximum atomic E-state index is 13.0. The van der Waals surface area contributed by atoms with Crippen LogP contribution in [0.4, 0.5) is 0 Å². The van der Waals surface area contributed by atoms with E-state index in [1.807, 2.05) is 0 Å². The Morgan fingerprint density at radius 2 is 2.00 bits per heavy atom. The van der Waals surface area contributed by atoms with Crippen LogP contribution >= 0.6 is 11.6 Å². The summed E-state index contributed by atoms with van der Waals surface area (Å²) in [6, 6.07) is 7.96. The summed E-state index contributed by atoms with van der Waals surface area (Å²) in [5, 5.41) is 20.4. The number of aliphatic hydroxyl groups is 1. The minimum absolute atomic E-state index is 0.117. The van der Waals surface area contributed by atoms with E-state index in [9.17, 15) is 14.7 Å². The number of nitrogens with zero attached hydrogens (tertiary/aromatic N) is 2. The molecule has 150 valence electrons. The third-order valence-corrected chi connectivity index (χ3v) is 5.31. The first-order chi connectivity index (χ1) is 13.5. The van der Waals surface area contributed by atoms with Crippen molar-refractivity contribution >= 4 is 23.4 Å². The molecule has 1 aromatic carbocycles. The van der Waals surface area contributed by atoms with Gasteiger partial charge in [0.15, 0.2) is 5.69 Å². The van der Waals surface area contributed by atoms with Crippen LogP contribution in [0.5, 0.6) is 0 Å². The number of halogens is 1. The Kier molecular flexibility index (Phi) is 6.70. The first-order valence-electron chi connectivity index (χ1n) is 9.52. The molecule has 3 rings (SSSR count). The largest absolute Gasteiger partial charge is 0.394 e. The fraction of sp³-hybridized carbons (Fsp3) is 0.450. The van der Waals surface area contributed by atoms with Crippen LogP contribution < -0.4 is 10.6 Å². The fourth-order valence-electron chi connectivity index (χ4n) is 3.58. The van der Waals surface area contributed by atoms with E-state index in [0.29, 0.717) is 10.6 Å². The smallest absolute Gasteiger partial charge is 0.271 e. The van der Waals surface area contributed by atoms with Gasteiger partial charge in [0.2, 0.25) is 0 Å². The van der Waals surface area contributed by atoms with Gasteiger partial charge < -0.3 is 15.7 Å². The van der Waals surface area contributed by atoms with Gasteiger partial charge in [-0.3, -0.25) is 9.59 Å². The number of rotatable bonds is 6. The lowest BCUT2D eigenvalue weighted by atomic mass is 9.95. The molecule has 1 atom stereocenters. The van der Waals surface area contributed by atoms with E-state index >= 15 is 0 Å². The van der Waals surface area contributed by atoms with Crippen LogP contribution in [-0.2, 0) is 0 Å². The lowest BCUT2D eigenvalue weighted by Crippen LogP contribution is -2.38.